The quantitative estimate of drug-likeness (QED) is 0.817. The lowest BCUT2D eigenvalue weighted by molar-refractivity contribution is 0.0937. The van der Waals surface area contributed by atoms with Crippen molar-refractivity contribution >= 4 is 17.5 Å². The van der Waals surface area contributed by atoms with Crippen molar-refractivity contribution in [1.82, 2.24) is 10.3 Å². The molecular weight excluding hydrogens is 346 g/mol. The molecule has 1 aromatic heterocycles. The third-order valence-electron chi connectivity index (χ3n) is 4.59. The Hall–Kier alpha value is -3.09. The zero-order valence-electron chi connectivity index (χ0n) is 15.5. The van der Waals surface area contributed by atoms with Crippen LogP contribution in [0.4, 0.5) is 5.69 Å². The molecule has 1 aliphatic rings. The molecule has 2 N–H and O–H groups in total. The van der Waals surface area contributed by atoms with E-state index in [0.717, 1.165) is 25.7 Å². The van der Waals surface area contributed by atoms with Crippen molar-refractivity contribution in [3.8, 4) is 11.5 Å². The van der Waals surface area contributed by atoms with Crippen LogP contribution in [-0.2, 0) is 0 Å². The molecule has 1 aromatic carbocycles. The van der Waals surface area contributed by atoms with Crippen LogP contribution in [0.2, 0.25) is 0 Å². The number of aromatic nitrogens is 1. The zero-order valence-corrected chi connectivity index (χ0v) is 15.5. The number of methoxy groups -OCH3 is 2. The zero-order chi connectivity index (χ0) is 19.2. The van der Waals surface area contributed by atoms with Gasteiger partial charge < -0.3 is 20.1 Å². The van der Waals surface area contributed by atoms with Gasteiger partial charge >= 0.3 is 0 Å². The topological polar surface area (TPSA) is 89.5 Å². The second-order valence-corrected chi connectivity index (χ2v) is 6.44. The van der Waals surface area contributed by atoms with Crippen LogP contribution in [0.3, 0.4) is 0 Å². The number of carbonyl (C=O) groups is 2. The number of hydrogen-bond donors (Lipinski definition) is 2. The Labute approximate surface area is 158 Å². The highest BCUT2D eigenvalue weighted by atomic mass is 16.5. The number of nitrogens with one attached hydrogen (secondary N) is 2. The summed E-state index contributed by atoms with van der Waals surface area (Å²) < 4.78 is 10.4. The average molecular weight is 369 g/mol. The molecule has 0 saturated heterocycles. The fraction of sp³-hybridized carbons (Fsp3) is 0.350. The van der Waals surface area contributed by atoms with Crippen molar-refractivity contribution in [2.45, 2.75) is 31.7 Å². The van der Waals surface area contributed by atoms with Gasteiger partial charge in [0, 0.05) is 30.2 Å². The summed E-state index contributed by atoms with van der Waals surface area (Å²) in [5, 5.41) is 5.77. The van der Waals surface area contributed by atoms with E-state index < -0.39 is 0 Å². The predicted octanol–water partition coefficient (Wildman–Crippen LogP) is 3.02. The van der Waals surface area contributed by atoms with Crippen LogP contribution in [0.15, 0.2) is 36.7 Å². The molecule has 0 spiro atoms. The molecular formula is C20H23N3O4. The number of rotatable bonds is 6. The van der Waals surface area contributed by atoms with E-state index in [4.69, 9.17) is 9.47 Å². The Kier molecular flexibility index (Phi) is 5.90. The SMILES string of the molecule is COc1ccc(NC(=O)c2cncc(C(=O)NC3CCCC3)c2)cc1OC. The van der Waals surface area contributed by atoms with Gasteiger partial charge in [0.1, 0.15) is 0 Å². The van der Waals surface area contributed by atoms with E-state index in [0.29, 0.717) is 28.3 Å². The summed E-state index contributed by atoms with van der Waals surface area (Å²) in [6.07, 6.45) is 7.17. The second-order valence-electron chi connectivity index (χ2n) is 6.44. The fourth-order valence-electron chi connectivity index (χ4n) is 3.14. The standard InChI is InChI=1S/C20H23N3O4/c1-26-17-8-7-16(10-18(17)27-2)23-20(25)14-9-13(11-21-12-14)19(24)22-15-5-3-4-6-15/h7-12,15H,3-6H2,1-2H3,(H,22,24)(H,23,25). The van der Waals surface area contributed by atoms with E-state index >= 15 is 0 Å². The molecule has 0 aliphatic heterocycles. The first kappa shape index (κ1) is 18.7. The third-order valence-corrected chi connectivity index (χ3v) is 4.59. The van der Waals surface area contributed by atoms with Crippen LogP contribution in [-0.4, -0.2) is 37.1 Å². The van der Waals surface area contributed by atoms with Gasteiger partial charge in [-0.1, -0.05) is 12.8 Å². The average Bonchev–Trinajstić information content (AvgIpc) is 3.21. The summed E-state index contributed by atoms with van der Waals surface area (Å²) in [5.41, 5.74) is 1.24. The normalized spacial score (nSPS) is 13.9. The first-order valence-corrected chi connectivity index (χ1v) is 8.90. The maximum atomic E-state index is 12.5. The Morgan fingerprint density at radius 2 is 1.63 bits per heavy atom. The molecule has 1 fully saturated rings. The van der Waals surface area contributed by atoms with Crippen molar-refractivity contribution in [2.75, 3.05) is 19.5 Å². The molecule has 2 aromatic rings. The van der Waals surface area contributed by atoms with Gasteiger partial charge in [-0.2, -0.15) is 0 Å². The number of nitrogens with zero attached hydrogens (tertiary/aromatic N) is 1. The fourth-order valence-corrected chi connectivity index (χ4v) is 3.14. The van der Waals surface area contributed by atoms with E-state index in [1.54, 1.807) is 31.4 Å². The molecule has 7 nitrogen and oxygen atoms in total. The maximum absolute atomic E-state index is 12.5. The molecule has 0 atom stereocenters. The number of benzene rings is 1. The van der Waals surface area contributed by atoms with Crippen LogP contribution in [0.5, 0.6) is 11.5 Å². The van der Waals surface area contributed by atoms with E-state index in [1.807, 2.05) is 0 Å². The molecule has 27 heavy (non-hydrogen) atoms. The third kappa shape index (κ3) is 4.55. The number of pyridine rings is 1. The maximum Gasteiger partial charge on any atom is 0.257 e. The lowest BCUT2D eigenvalue weighted by atomic mass is 10.1. The highest BCUT2D eigenvalue weighted by Gasteiger charge is 2.19. The first-order chi connectivity index (χ1) is 13.1. The van der Waals surface area contributed by atoms with E-state index in [-0.39, 0.29) is 17.9 Å². The predicted molar refractivity (Wildman–Crippen MR) is 101 cm³/mol. The Morgan fingerprint density at radius 1 is 0.963 bits per heavy atom. The van der Waals surface area contributed by atoms with Crippen LogP contribution in [0, 0.1) is 0 Å². The second kappa shape index (κ2) is 8.53. The van der Waals surface area contributed by atoms with Gasteiger partial charge in [-0.25, -0.2) is 0 Å². The van der Waals surface area contributed by atoms with Crippen molar-refractivity contribution in [3.63, 3.8) is 0 Å². The van der Waals surface area contributed by atoms with Crippen LogP contribution in [0.1, 0.15) is 46.4 Å². The summed E-state index contributed by atoms with van der Waals surface area (Å²) in [6.45, 7) is 0. The lowest BCUT2D eigenvalue weighted by Crippen LogP contribution is -2.32. The van der Waals surface area contributed by atoms with Crippen LogP contribution >= 0.6 is 0 Å². The molecule has 3 rings (SSSR count). The van der Waals surface area contributed by atoms with Crippen molar-refractivity contribution in [3.05, 3.63) is 47.8 Å². The molecule has 2 amide bonds. The summed E-state index contributed by atoms with van der Waals surface area (Å²) in [5.74, 6) is 0.529. The lowest BCUT2D eigenvalue weighted by Gasteiger charge is -2.12. The number of hydrogen-bond acceptors (Lipinski definition) is 5. The van der Waals surface area contributed by atoms with E-state index in [2.05, 4.69) is 15.6 Å². The smallest absolute Gasteiger partial charge is 0.257 e. The summed E-state index contributed by atoms with van der Waals surface area (Å²) in [7, 11) is 3.07. The van der Waals surface area contributed by atoms with Gasteiger partial charge in [0.2, 0.25) is 0 Å². The molecule has 142 valence electrons. The number of ether oxygens (including phenoxy) is 2. The Morgan fingerprint density at radius 3 is 2.30 bits per heavy atom. The van der Waals surface area contributed by atoms with Crippen molar-refractivity contribution < 1.29 is 19.1 Å². The van der Waals surface area contributed by atoms with Gasteiger partial charge in [0.15, 0.2) is 11.5 Å². The highest BCUT2D eigenvalue weighted by molar-refractivity contribution is 6.06. The van der Waals surface area contributed by atoms with E-state index in [1.165, 1.54) is 19.5 Å². The number of carbonyl (C=O) groups excluding carboxylic acids is 2. The first-order valence-electron chi connectivity index (χ1n) is 8.90. The number of anilines is 1. The largest absolute Gasteiger partial charge is 0.493 e. The van der Waals surface area contributed by atoms with Crippen molar-refractivity contribution in [1.29, 1.82) is 0 Å². The molecule has 0 bridgehead atoms. The minimum Gasteiger partial charge on any atom is -0.493 e. The van der Waals surface area contributed by atoms with E-state index in [9.17, 15) is 9.59 Å². The summed E-state index contributed by atoms with van der Waals surface area (Å²) >= 11 is 0. The summed E-state index contributed by atoms with van der Waals surface area (Å²) in [6, 6.07) is 6.84. The highest BCUT2D eigenvalue weighted by Crippen LogP contribution is 2.29. The van der Waals surface area contributed by atoms with Crippen LogP contribution in [0.25, 0.3) is 0 Å². The summed E-state index contributed by atoms with van der Waals surface area (Å²) in [4.78, 5) is 28.9. The van der Waals surface area contributed by atoms with Crippen molar-refractivity contribution in [2.24, 2.45) is 0 Å². The Bertz CT molecular complexity index is 832. The van der Waals surface area contributed by atoms with Gasteiger partial charge in [0.05, 0.1) is 25.3 Å². The molecule has 7 heteroatoms. The molecule has 1 saturated carbocycles. The monoisotopic (exact) mass is 369 g/mol. The van der Waals surface area contributed by atoms with Gasteiger partial charge in [-0.3, -0.25) is 14.6 Å². The van der Waals surface area contributed by atoms with Crippen LogP contribution < -0.4 is 20.1 Å². The molecule has 0 unspecified atom stereocenters. The van der Waals surface area contributed by atoms with Gasteiger partial charge in [-0.15, -0.1) is 0 Å². The minimum atomic E-state index is -0.356. The van der Waals surface area contributed by atoms with Gasteiger partial charge in [0.25, 0.3) is 11.8 Å². The molecule has 1 heterocycles. The molecule has 1 aliphatic carbocycles. The Balaban J connectivity index is 1.70. The molecule has 0 radical (unpaired) electrons. The number of amides is 2. The minimum absolute atomic E-state index is 0.199. The van der Waals surface area contributed by atoms with Gasteiger partial charge in [-0.05, 0) is 31.0 Å².